The number of nitrogens with two attached hydrogens (primary N) is 1. The summed E-state index contributed by atoms with van der Waals surface area (Å²) in [7, 11) is 0. The number of pyridine rings is 1. The second kappa shape index (κ2) is 9.10. The number of carbonyl (C=O) groups is 2. The van der Waals surface area contributed by atoms with E-state index in [0.717, 1.165) is 24.8 Å². The van der Waals surface area contributed by atoms with Crippen molar-refractivity contribution in [2.45, 2.75) is 44.7 Å². The fraction of sp³-hybridized carbons (Fsp3) is 0.389. The van der Waals surface area contributed by atoms with Crippen LogP contribution in [0.15, 0.2) is 48.2 Å². The molecule has 1 aromatic heterocycles. The molecule has 24 heavy (non-hydrogen) atoms. The molecule has 1 aliphatic carbocycles. The molecule has 0 fully saturated rings. The zero-order valence-corrected chi connectivity index (χ0v) is 13.9. The summed E-state index contributed by atoms with van der Waals surface area (Å²) in [5, 5.41) is 2.81. The van der Waals surface area contributed by atoms with Crippen LogP contribution < -0.4 is 16.6 Å². The van der Waals surface area contributed by atoms with E-state index in [1.54, 1.807) is 6.20 Å². The fourth-order valence-corrected chi connectivity index (χ4v) is 2.66. The summed E-state index contributed by atoms with van der Waals surface area (Å²) in [6.45, 7) is 1.93. The van der Waals surface area contributed by atoms with Crippen molar-refractivity contribution in [3.8, 4) is 0 Å². The Morgan fingerprint density at radius 2 is 2.17 bits per heavy atom. The van der Waals surface area contributed by atoms with Crippen LogP contribution in [0.25, 0.3) is 0 Å². The second-order valence-corrected chi connectivity index (χ2v) is 5.72. The zero-order chi connectivity index (χ0) is 17.4. The van der Waals surface area contributed by atoms with E-state index in [1.807, 2.05) is 31.2 Å². The minimum Gasteiger partial charge on any atom is -0.337 e. The summed E-state index contributed by atoms with van der Waals surface area (Å²) >= 11 is 0. The second-order valence-electron chi connectivity index (χ2n) is 5.72. The van der Waals surface area contributed by atoms with Gasteiger partial charge in [0.25, 0.3) is 5.91 Å². The fourth-order valence-electron chi connectivity index (χ4n) is 2.66. The van der Waals surface area contributed by atoms with Crippen LogP contribution in [0.2, 0.25) is 0 Å². The van der Waals surface area contributed by atoms with Gasteiger partial charge < -0.3 is 5.32 Å². The molecule has 2 atom stereocenters. The Bertz CT molecular complexity index is 625. The Morgan fingerprint density at radius 1 is 1.33 bits per heavy atom. The number of nitrogens with one attached hydrogen (secondary N) is 2. The molecule has 2 rings (SSSR count). The van der Waals surface area contributed by atoms with Crippen LogP contribution in [0.5, 0.6) is 0 Å². The summed E-state index contributed by atoms with van der Waals surface area (Å²) in [5.74, 6) is 4.19. The molecule has 6 heteroatoms. The maximum atomic E-state index is 12.4. The summed E-state index contributed by atoms with van der Waals surface area (Å²) in [6.07, 6.45) is 10.9. The number of hydrogen-bond donors (Lipinski definition) is 3. The number of carbonyl (C=O) groups excluding carboxylic acids is 2. The van der Waals surface area contributed by atoms with Gasteiger partial charge in [0.1, 0.15) is 0 Å². The van der Waals surface area contributed by atoms with Gasteiger partial charge in [0.15, 0.2) is 0 Å². The summed E-state index contributed by atoms with van der Waals surface area (Å²) in [4.78, 5) is 29.0. The van der Waals surface area contributed by atoms with Gasteiger partial charge in [-0.3, -0.25) is 20.4 Å². The van der Waals surface area contributed by atoms with Gasteiger partial charge >= 0.3 is 0 Å². The van der Waals surface area contributed by atoms with Gasteiger partial charge in [-0.15, -0.1) is 0 Å². The van der Waals surface area contributed by atoms with Gasteiger partial charge in [0, 0.05) is 6.20 Å². The van der Waals surface area contributed by atoms with E-state index >= 15 is 0 Å². The Hall–Kier alpha value is -2.31. The molecule has 128 valence electrons. The Balaban J connectivity index is 2.19. The van der Waals surface area contributed by atoms with E-state index in [0.29, 0.717) is 12.1 Å². The van der Waals surface area contributed by atoms with E-state index in [9.17, 15) is 9.59 Å². The molecular weight excluding hydrogens is 304 g/mol. The first kappa shape index (κ1) is 18.0. The summed E-state index contributed by atoms with van der Waals surface area (Å²) in [5.41, 5.74) is 4.06. The Labute approximate surface area is 142 Å². The molecule has 2 unspecified atom stereocenters. The van der Waals surface area contributed by atoms with E-state index < -0.39 is 23.8 Å². The largest absolute Gasteiger partial charge is 0.337 e. The van der Waals surface area contributed by atoms with Crippen molar-refractivity contribution in [1.82, 2.24) is 15.7 Å². The van der Waals surface area contributed by atoms with Gasteiger partial charge in [-0.1, -0.05) is 37.6 Å². The molecule has 0 bridgehead atoms. The van der Waals surface area contributed by atoms with Crippen LogP contribution in [0, 0.1) is 0 Å². The zero-order valence-electron chi connectivity index (χ0n) is 13.9. The number of rotatable bonds is 8. The van der Waals surface area contributed by atoms with Crippen molar-refractivity contribution in [1.29, 1.82) is 0 Å². The first-order valence-electron chi connectivity index (χ1n) is 8.25. The number of hydrogen-bond acceptors (Lipinski definition) is 5. The lowest BCUT2D eigenvalue weighted by Crippen LogP contribution is -2.48. The minimum atomic E-state index is -0.671. The van der Waals surface area contributed by atoms with Crippen LogP contribution in [-0.4, -0.2) is 22.7 Å². The standard InChI is InChI=1S/C18H24N4O2/c1-2-8-15(22-19)17(23)18(24)21-16(13-9-4-3-5-10-13)14-11-6-7-12-20-14/h4,6-7,9-12,15-16,22H,2-3,5,8,19H2,1H3,(H,21,24). The molecular formula is C18H24N4O2. The van der Waals surface area contributed by atoms with Gasteiger partial charge in [0.2, 0.25) is 5.78 Å². The van der Waals surface area contributed by atoms with Crippen LogP contribution in [-0.2, 0) is 9.59 Å². The Morgan fingerprint density at radius 3 is 2.75 bits per heavy atom. The van der Waals surface area contributed by atoms with Crippen LogP contribution in [0.1, 0.15) is 44.3 Å². The highest BCUT2D eigenvalue weighted by Gasteiger charge is 2.27. The third-order valence-corrected chi connectivity index (χ3v) is 3.93. The first-order valence-corrected chi connectivity index (χ1v) is 8.25. The van der Waals surface area contributed by atoms with Crippen molar-refractivity contribution in [2.75, 3.05) is 0 Å². The summed E-state index contributed by atoms with van der Waals surface area (Å²) in [6, 6.07) is 4.39. The number of amides is 1. The minimum absolute atomic E-state index is 0.445. The first-order chi connectivity index (χ1) is 11.7. The maximum Gasteiger partial charge on any atom is 0.289 e. The molecule has 1 heterocycles. The van der Waals surface area contributed by atoms with Crippen LogP contribution >= 0.6 is 0 Å². The average molecular weight is 328 g/mol. The lowest BCUT2D eigenvalue weighted by atomic mass is 9.96. The highest BCUT2D eigenvalue weighted by atomic mass is 16.2. The lowest BCUT2D eigenvalue weighted by Gasteiger charge is -2.22. The third-order valence-electron chi connectivity index (χ3n) is 3.93. The van der Waals surface area contributed by atoms with Gasteiger partial charge in [0.05, 0.1) is 17.8 Å². The van der Waals surface area contributed by atoms with Gasteiger partial charge in [-0.05, 0) is 37.0 Å². The highest BCUT2D eigenvalue weighted by molar-refractivity contribution is 6.38. The number of allylic oxidation sites excluding steroid dienone is 2. The number of hydrazine groups is 1. The highest BCUT2D eigenvalue weighted by Crippen LogP contribution is 2.24. The van der Waals surface area contributed by atoms with Crippen LogP contribution in [0.3, 0.4) is 0 Å². The lowest BCUT2D eigenvalue weighted by molar-refractivity contribution is -0.139. The number of Topliss-reactive ketones (excluding diaryl/α,β-unsaturated/α-hetero) is 1. The molecule has 0 aliphatic heterocycles. The van der Waals surface area contributed by atoms with Crippen molar-refractivity contribution in [3.05, 3.63) is 53.9 Å². The molecule has 4 N–H and O–H groups in total. The van der Waals surface area contributed by atoms with Gasteiger partial charge in [-0.25, -0.2) is 5.43 Å². The average Bonchev–Trinajstić information content (AvgIpc) is 2.64. The number of nitrogens with zero attached hydrogens (tertiary/aromatic N) is 1. The molecule has 1 aromatic rings. The van der Waals surface area contributed by atoms with E-state index in [-0.39, 0.29) is 0 Å². The molecule has 0 spiro atoms. The SMILES string of the molecule is CCCC(NN)C(=O)C(=O)NC(C1=CCCC=C1)c1ccccn1. The predicted octanol–water partition coefficient (Wildman–Crippen LogP) is 1.72. The molecule has 0 saturated carbocycles. The van der Waals surface area contributed by atoms with E-state index in [1.165, 1.54) is 0 Å². The Kier molecular flexibility index (Phi) is 6.84. The molecule has 1 aliphatic rings. The topological polar surface area (TPSA) is 97.1 Å². The smallest absolute Gasteiger partial charge is 0.289 e. The monoisotopic (exact) mass is 328 g/mol. The molecule has 6 nitrogen and oxygen atoms in total. The van der Waals surface area contributed by atoms with Gasteiger partial charge in [-0.2, -0.15) is 0 Å². The quantitative estimate of drug-likeness (QED) is 0.383. The van der Waals surface area contributed by atoms with Crippen molar-refractivity contribution < 1.29 is 9.59 Å². The van der Waals surface area contributed by atoms with Crippen molar-refractivity contribution in [3.63, 3.8) is 0 Å². The number of aromatic nitrogens is 1. The number of ketones is 1. The van der Waals surface area contributed by atoms with Crippen molar-refractivity contribution in [2.24, 2.45) is 5.84 Å². The van der Waals surface area contributed by atoms with E-state index in [4.69, 9.17) is 5.84 Å². The van der Waals surface area contributed by atoms with Crippen molar-refractivity contribution >= 4 is 11.7 Å². The third kappa shape index (κ3) is 4.59. The summed E-state index contributed by atoms with van der Waals surface area (Å²) < 4.78 is 0. The molecule has 0 radical (unpaired) electrons. The molecule has 0 aromatic carbocycles. The van der Waals surface area contributed by atoms with E-state index in [2.05, 4.69) is 27.9 Å². The van der Waals surface area contributed by atoms with Crippen LogP contribution in [0.4, 0.5) is 0 Å². The maximum absolute atomic E-state index is 12.4. The predicted molar refractivity (Wildman–Crippen MR) is 92.6 cm³/mol. The normalized spacial score (nSPS) is 16.2. The molecule has 0 saturated heterocycles. The molecule has 1 amide bonds.